The smallest absolute Gasteiger partial charge is 0.317 e. The number of aromatic nitrogens is 1. The maximum Gasteiger partial charge on any atom is 0.317 e. The number of carboxylic acid groups (broad SMARTS) is 1. The van der Waals surface area contributed by atoms with Crippen LogP contribution in [0.15, 0.2) is 16.7 Å². The highest BCUT2D eigenvalue weighted by atomic mass is 79.9. The third-order valence-corrected chi connectivity index (χ3v) is 4.01. The molecule has 1 saturated heterocycles. The SMILES string of the molecule is O=C(O)CN1CCCN(C(=O)c2cc(Br)cnc2Cl)CC1. The molecule has 21 heavy (non-hydrogen) atoms. The Kier molecular flexibility index (Phi) is 5.55. The Morgan fingerprint density at radius 1 is 1.33 bits per heavy atom. The Morgan fingerprint density at radius 2 is 2.10 bits per heavy atom. The van der Waals surface area contributed by atoms with Gasteiger partial charge in [-0.2, -0.15) is 0 Å². The second kappa shape index (κ2) is 7.20. The molecule has 0 unspecified atom stereocenters. The molecule has 2 rings (SSSR count). The molecular weight excluding hydrogens is 362 g/mol. The summed E-state index contributed by atoms with van der Waals surface area (Å²) >= 11 is 9.26. The maximum absolute atomic E-state index is 12.5. The first kappa shape index (κ1) is 16.2. The van der Waals surface area contributed by atoms with Crippen LogP contribution in [0.2, 0.25) is 5.15 Å². The van der Waals surface area contributed by atoms with Crippen molar-refractivity contribution in [3.8, 4) is 0 Å². The molecule has 0 atom stereocenters. The largest absolute Gasteiger partial charge is 0.480 e. The van der Waals surface area contributed by atoms with Crippen molar-refractivity contribution in [1.29, 1.82) is 0 Å². The number of carbonyl (C=O) groups is 2. The molecule has 1 aromatic heterocycles. The summed E-state index contributed by atoms with van der Waals surface area (Å²) in [4.78, 5) is 30.7. The highest BCUT2D eigenvalue weighted by Gasteiger charge is 2.23. The topological polar surface area (TPSA) is 73.7 Å². The Balaban J connectivity index is 2.06. The van der Waals surface area contributed by atoms with Gasteiger partial charge >= 0.3 is 5.97 Å². The minimum atomic E-state index is -0.853. The monoisotopic (exact) mass is 375 g/mol. The zero-order valence-electron chi connectivity index (χ0n) is 11.3. The zero-order valence-corrected chi connectivity index (χ0v) is 13.6. The quantitative estimate of drug-likeness (QED) is 0.813. The lowest BCUT2D eigenvalue weighted by Gasteiger charge is -2.21. The molecule has 6 nitrogen and oxygen atoms in total. The molecular formula is C13H15BrClN3O3. The summed E-state index contributed by atoms with van der Waals surface area (Å²) in [5.41, 5.74) is 0.359. The van der Waals surface area contributed by atoms with E-state index in [-0.39, 0.29) is 17.6 Å². The predicted octanol–water partition coefficient (Wildman–Crippen LogP) is 1.73. The number of carbonyl (C=O) groups excluding carboxylic acids is 1. The van der Waals surface area contributed by atoms with E-state index in [0.29, 0.717) is 36.2 Å². The summed E-state index contributed by atoms with van der Waals surface area (Å²) in [6, 6.07) is 1.65. The molecule has 1 fully saturated rings. The number of hydrogen-bond donors (Lipinski definition) is 1. The number of pyridine rings is 1. The summed E-state index contributed by atoms with van der Waals surface area (Å²) in [6.45, 7) is 2.27. The van der Waals surface area contributed by atoms with Crippen molar-refractivity contribution in [2.24, 2.45) is 0 Å². The molecule has 1 aromatic rings. The summed E-state index contributed by atoms with van der Waals surface area (Å²) in [5.74, 6) is -1.03. The van der Waals surface area contributed by atoms with E-state index in [1.54, 1.807) is 11.0 Å². The lowest BCUT2D eigenvalue weighted by molar-refractivity contribution is -0.138. The van der Waals surface area contributed by atoms with Gasteiger partial charge in [-0.1, -0.05) is 11.6 Å². The summed E-state index contributed by atoms with van der Waals surface area (Å²) < 4.78 is 0.692. The Morgan fingerprint density at radius 3 is 2.81 bits per heavy atom. The summed E-state index contributed by atoms with van der Waals surface area (Å²) in [6.07, 6.45) is 2.27. The first-order valence-corrected chi connectivity index (χ1v) is 7.69. The maximum atomic E-state index is 12.5. The van der Waals surface area contributed by atoms with Gasteiger partial charge in [0.25, 0.3) is 5.91 Å². The molecule has 1 aliphatic heterocycles. The molecule has 0 radical (unpaired) electrons. The molecule has 1 N–H and O–H groups in total. The van der Waals surface area contributed by atoms with Crippen LogP contribution in [-0.2, 0) is 4.79 Å². The van der Waals surface area contributed by atoms with Crippen molar-refractivity contribution >= 4 is 39.4 Å². The van der Waals surface area contributed by atoms with Crippen molar-refractivity contribution < 1.29 is 14.7 Å². The molecule has 114 valence electrons. The Bertz CT molecular complexity index is 555. The van der Waals surface area contributed by atoms with Crippen LogP contribution >= 0.6 is 27.5 Å². The number of amides is 1. The van der Waals surface area contributed by atoms with Gasteiger partial charge in [0.05, 0.1) is 12.1 Å². The second-order valence-corrected chi connectivity index (χ2v) is 6.08. The molecule has 0 bridgehead atoms. The highest BCUT2D eigenvalue weighted by Crippen LogP contribution is 2.20. The summed E-state index contributed by atoms with van der Waals surface area (Å²) in [5, 5.41) is 9.00. The van der Waals surface area contributed by atoms with Gasteiger partial charge in [0, 0.05) is 36.8 Å². The van der Waals surface area contributed by atoms with Gasteiger partial charge in [-0.15, -0.1) is 0 Å². The predicted molar refractivity (Wildman–Crippen MR) is 81.5 cm³/mol. The van der Waals surface area contributed by atoms with Crippen LogP contribution in [0.3, 0.4) is 0 Å². The van der Waals surface area contributed by atoms with Gasteiger partial charge < -0.3 is 10.0 Å². The third-order valence-electron chi connectivity index (χ3n) is 3.27. The fraction of sp³-hybridized carbons (Fsp3) is 0.462. The van der Waals surface area contributed by atoms with E-state index in [1.807, 2.05) is 4.90 Å². The fourth-order valence-corrected chi connectivity index (χ4v) is 2.78. The van der Waals surface area contributed by atoms with Gasteiger partial charge in [0.2, 0.25) is 0 Å². The highest BCUT2D eigenvalue weighted by molar-refractivity contribution is 9.10. The van der Waals surface area contributed by atoms with Crippen LogP contribution in [0.4, 0.5) is 0 Å². The molecule has 2 heterocycles. The van der Waals surface area contributed by atoms with E-state index in [9.17, 15) is 9.59 Å². The van der Waals surface area contributed by atoms with E-state index < -0.39 is 5.97 Å². The number of aliphatic carboxylic acids is 1. The first-order valence-electron chi connectivity index (χ1n) is 6.52. The fourth-order valence-electron chi connectivity index (χ4n) is 2.27. The number of hydrogen-bond acceptors (Lipinski definition) is 4. The lowest BCUT2D eigenvalue weighted by Crippen LogP contribution is -2.36. The molecule has 8 heteroatoms. The van der Waals surface area contributed by atoms with Crippen LogP contribution in [0.1, 0.15) is 16.8 Å². The van der Waals surface area contributed by atoms with Crippen LogP contribution in [-0.4, -0.2) is 64.5 Å². The number of nitrogens with zero attached hydrogens (tertiary/aromatic N) is 3. The van der Waals surface area contributed by atoms with Gasteiger partial charge in [-0.05, 0) is 28.4 Å². The standard InChI is InChI=1S/C13H15BrClN3O3/c14-9-6-10(12(15)16-7-9)13(21)18-3-1-2-17(4-5-18)8-11(19)20/h6-7H,1-5,8H2,(H,19,20). The van der Waals surface area contributed by atoms with E-state index >= 15 is 0 Å². The number of halogens is 2. The van der Waals surface area contributed by atoms with Crippen LogP contribution in [0, 0.1) is 0 Å². The van der Waals surface area contributed by atoms with Crippen LogP contribution in [0.25, 0.3) is 0 Å². The van der Waals surface area contributed by atoms with E-state index in [1.165, 1.54) is 6.20 Å². The first-order chi connectivity index (χ1) is 9.97. The van der Waals surface area contributed by atoms with E-state index in [2.05, 4.69) is 20.9 Å². The average molecular weight is 377 g/mol. The van der Waals surface area contributed by atoms with Gasteiger partial charge in [0.1, 0.15) is 5.15 Å². The van der Waals surface area contributed by atoms with Crippen LogP contribution < -0.4 is 0 Å². The minimum absolute atomic E-state index is 0.00122. The minimum Gasteiger partial charge on any atom is -0.480 e. The zero-order chi connectivity index (χ0) is 15.4. The lowest BCUT2D eigenvalue weighted by atomic mass is 10.2. The third kappa shape index (κ3) is 4.39. The van der Waals surface area contributed by atoms with Crippen molar-refractivity contribution in [3.63, 3.8) is 0 Å². The Labute approximate surface area is 135 Å². The number of carboxylic acids is 1. The van der Waals surface area contributed by atoms with Crippen molar-refractivity contribution in [2.45, 2.75) is 6.42 Å². The van der Waals surface area contributed by atoms with Gasteiger partial charge in [-0.3, -0.25) is 14.5 Å². The summed E-state index contributed by atoms with van der Waals surface area (Å²) in [7, 11) is 0. The van der Waals surface area contributed by atoms with Gasteiger partial charge in [0.15, 0.2) is 0 Å². The van der Waals surface area contributed by atoms with Crippen molar-refractivity contribution in [2.75, 3.05) is 32.7 Å². The van der Waals surface area contributed by atoms with E-state index in [4.69, 9.17) is 16.7 Å². The average Bonchev–Trinajstić information content (AvgIpc) is 2.66. The van der Waals surface area contributed by atoms with Crippen LogP contribution in [0.5, 0.6) is 0 Å². The van der Waals surface area contributed by atoms with Crippen molar-refractivity contribution in [3.05, 3.63) is 27.5 Å². The second-order valence-electron chi connectivity index (χ2n) is 4.81. The molecule has 1 amide bonds. The van der Waals surface area contributed by atoms with Crippen molar-refractivity contribution in [1.82, 2.24) is 14.8 Å². The Hall–Kier alpha value is -1.18. The van der Waals surface area contributed by atoms with E-state index in [0.717, 1.165) is 6.42 Å². The normalized spacial score (nSPS) is 16.6. The number of rotatable bonds is 3. The van der Waals surface area contributed by atoms with Gasteiger partial charge in [-0.25, -0.2) is 4.98 Å². The molecule has 0 saturated carbocycles. The molecule has 0 aromatic carbocycles. The molecule has 0 spiro atoms. The molecule has 0 aliphatic carbocycles. The molecule has 1 aliphatic rings.